The highest BCUT2D eigenvalue weighted by Crippen LogP contribution is 2.21. The molecule has 0 saturated carbocycles. The number of nitrogens with zero attached hydrogens (tertiary/aromatic N) is 3. The van der Waals surface area contributed by atoms with Crippen LogP contribution in [-0.4, -0.2) is 49.1 Å². The van der Waals surface area contributed by atoms with Crippen molar-refractivity contribution in [3.05, 3.63) is 11.9 Å². The van der Waals surface area contributed by atoms with E-state index in [1.165, 1.54) is 18.4 Å². The first-order valence-corrected chi connectivity index (χ1v) is 8.17. The molecule has 0 spiro atoms. The second-order valence-electron chi connectivity index (χ2n) is 5.88. The summed E-state index contributed by atoms with van der Waals surface area (Å²) < 4.78 is 24.6. The SMILES string of the molecule is CN(C)S(=O)(=O)CCNc1cc(NN)nc(C(C)(C)C)n1. The Morgan fingerprint density at radius 2 is 1.81 bits per heavy atom. The second kappa shape index (κ2) is 6.54. The van der Waals surface area contributed by atoms with E-state index in [4.69, 9.17) is 5.84 Å². The number of nitrogens with one attached hydrogen (secondary N) is 2. The van der Waals surface area contributed by atoms with Crippen molar-refractivity contribution in [2.75, 3.05) is 37.1 Å². The average Bonchev–Trinajstić information content (AvgIpc) is 2.36. The Morgan fingerprint density at radius 3 is 2.29 bits per heavy atom. The molecule has 21 heavy (non-hydrogen) atoms. The minimum absolute atomic E-state index is 0.0136. The third kappa shape index (κ3) is 5.10. The van der Waals surface area contributed by atoms with E-state index in [1.807, 2.05) is 20.8 Å². The molecule has 0 atom stereocenters. The predicted molar refractivity (Wildman–Crippen MR) is 84.5 cm³/mol. The zero-order valence-electron chi connectivity index (χ0n) is 13.1. The molecule has 0 unspecified atom stereocenters. The van der Waals surface area contributed by atoms with E-state index in [0.717, 1.165) is 0 Å². The summed E-state index contributed by atoms with van der Waals surface area (Å²) in [4.78, 5) is 8.69. The Kier molecular flexibility index (Phi) is 5.48. The number of hydrogen-bond acceptors (Lipinski definition) is 7. The molecule has 0 aliphatic rings. The number of hydrazine groups is 1. The van der Waals surface area contributed by atoms with Gasteiger partial charge in [0.1, 0.15) is 17.5 Å². The molecule has 0 saturated heterocycles. The fourth-order valence-corrected chi connectivity index (χ4v) is 2.16. The predicted octanol–water partition coefficient (Wildman–Crippen LogP) is 0.363. The third-order valence-corrected chi connectivity index (χ3v) is 4.60. The Morgan fingerprint density at radius 1 is 1.24 bits per heavy atom. The topological polar surface area (TPSA) is 113 Å². The Labute approximate surface area is 126 Å². The van der Waals surface area contributed by atoms with Crippen LogP contribution >= 0.6 is 0 Å². The van der Waals surface area contributed by atoms with Crippen LogP contribution in [0.3, 0.4) is 0 Å². The number of nitrogen functional groups attached to an aromatic ring is 1. The van der Waals surface area contributed by atoms with Crippen LogP contribution in [0.1, 0.15) is 26.6 Å². The van der Waals surface area contributed by atoms with E-state index >= 15 is 0 Å². The maximum absolute atomic E-state index is 11.7. The van der Waals surface area contributed by atoms with E-state index in [1.54, 1.807) is 6.07 Å². The van der Waals surface area contributed by atoms with Gasteiger partial charge in [-0.25, -0.2) is 28.5 Å². The van der Waals surface area contributed by atoms with Crippen LogP contribution in [0, 0.1) is 0 Å². The van der Waals surface area contributed by atoms with Gasteiger partial charge in [0, 0.05) is 32.1 Å². The molecule has 0 fully saturated rings. The summed E-state index contributed by atoms with van der Waals surface area (Å²) in [6.45, 7) is 6.22. The highest BCUT2D eigenvalue weighted by atomic mass is 32.2. The van der Waals surface area contributed by atoms with Crippen LogP contribution in [0.2, 0.25) is 0 Å². The second-order valence-corrected chi connectivity index (χ2v) is 8.18. The van der Waals surface area contributed by atoms with Crippen LogP contribution in [0.5, 0.6) is 0 Å². The van der Waals surface area contributed by atoms with Crippen molar-refractivity contribution in [1.82, 2.24) is 14.3 Å². The fourth-order valence-electron chi connectivity index (χ4n) is 1.44. The molecule has 1 heterocycles. The van der Waals surface area contributed by atoms with E-state index in [2.05, 4.69) is 20.7 Å². The van der Waals surface area contributed by atoms with Crippen LogP contribution in [0.15, 0.2) is 6.07 Å². The number of rotatable bonds is 6. The number of aromatic nitrogens is 2. The summed E-state index contributed by atoms with van der Waals surface area (Å²) in [5.41, 5.74) is 2.25. The molecule has 1 rings (SSSR count). The molecule has 0 bridgehead atoms. The normalized spacial score (nSPS) is 12.5. The summed E-state index contributed by atoms with van der Waals surface area (Å²) in [5, 5.41) is 2.99. The van der Waals surface area contributed by atoms with Crippen molar-refractivity contribution in [1.29, 1.82) is 0 Å². The third-order valence-electron chi connectivity index (χ3n) is 2.77. The molecule has 1 aromatic heterocycles. The fraction of sp³-hybridized carbons (Fsp3) is 0.667. The molecule has 8 nitrogen and oxygen atoms in total. The molecule has 0 aliphatic heterocycles. The first-order chi connectivity index (χ1) is 9.56. The Hall–Kier alpha value is -1.45. The first kappa shape index (κ1) is 17.6. The Balaban J connectivity index is 2.85. The Bertz CT molecular complexity index is 580. The van der Waals surface area contributed by atoms with Gasteiger partial charge in [0.05, 0.1) is 5.75 Å². The number of hydrogen-bond donors (Lipinski definition) is 3. The van der Waals surface area contributed by atoms with Gasteiger partial charge in [0.2, 0.25) is 10.0 Å². The molecule has 0 aromatic carbocycles. The van der Waals surface area contributed by atoms with Crippen molar-refractivity contribution in [2.45, 2.75) is 26.2 Å². The minimum Gasteiger partial charge on any atom is -0.369 e. The summed E-state index contributed by atoms with van der Waals surface area (Å²) >= 11 is 0. The summed E-state index contributed by atoms with van der Waals surface area (Å²) in [6, 6.07) is 1.64. The lowest BCUT2D eigenvalue weighted by molar-refractivity contribution is 0.521. The van der Waals surface area contributed by atoms with Crippen molar-refractivity contribution < 1.29 is 8.42 Å². The molecule has 4 N–H and O–H groups in total. The summed E-state index contributed by atoms with van der Waals surface area (Å²) in [7, 11) is -0.219. The zero-order valence-corrected chi connectivity index (χ0v) is 14.0. The van der Waals surface area contributed by atoms with Gasteiger partial charge in [-0.15, -0.1) is 0 Å². The van der Waals surface area contributed by atoms with Gasteiger partial charge in [0.25, 0.3) is 0 Å². The monoisotopic (exact) mass is 316 g/mol. The maximum Gasteiger partial charge on any atom is 0.215 e. The molecule has 0 aliphatic carbocycles. The molecule has 0 amide bonds. The van der Waals surface area contributed by atoms with Gasteiger partial charge in [-0.2, -0.15) is 0 Å². The van der Waals surface area contributed by atoms with Crippen molar-refractivity contribution in [3.8, 4) is 0 Å². The van der Waals surface area contributed by atoms with Crippen LogP contribution in [0.25, 0.3) is 0 Å². The van der Waals surface area contributed by atoms with Crippen LogP contribution < -0.4 is 16.6 Å². The van der Waals surface area contributed by atoms with E-state index < -0.39 is 10.0 Å². The first-order valence-electron chi connectivity index (χ1n) is 6.56. The zero-order chi connectivity index (χ0) is 16.3. The molecular formula is C12H24N6O2S. The number of anilines is 2. The number of nitrogens with two attached hydrogens (primary N) is 1. The van der Waals surface area contributed by atoms with Crippen LogP contribution in [-0.2, 0) is 15.4 Å². The van der Waals surface area contributed by atoms with Crippen molar-refractivity contribution in [2.24, 2.45) is 5.84 Å². The maximum atomic E-state index is 11.7. The minimum atomic E-state index is -3.24. The summed E-state index contributed by atoms with van der Waals surface area (Å²) in [6.07, 6.45) is 0. The molecule has 120 valence electrons. The van der Waals surface area contributed by atoms with Gasteiger partial charge in [-0.05, 0) is 0 Å². The van der Waals surface area contributed by atoms with Crippen LogP contribution in [0.4, 0.5) is 11.6 Å². The van der Waals surface area contributed by atoms with E-state index in [0.29, 0.717) is 17.5 Å². The lowest BCUT2D eigenvalue weighted by atomic mass is 9.96. The van der Waals surface area contributed by atoms with Crippen molar-refractivity contribution >= 4 is 21.7 Å². The highest BCUT2D eigenvalue weighted by Gasteiger charge is 2.19. The quantitative estimate of drug-likeness (QED) is 0.513. The highest BCUT2D eigenvalue weighted by molar-refractivity contribution is 7.89. The lowest BCUT2D eigenvalue weighted by Crippen LogP contribution is -2.29. The molecular weight excluding hydrogens is 292 g/mol. The lowest BCUT2D eigenvalue weighted by Gasteiger charge is -2.19. The number of sulfonamides is 1. The largest absolute Gasteiger partial charge is 0.369 e. The van der Waals surface area contributed by atoms with Gasteiger partial charge >= 0.3 is 0 Å². The summed E-state index contributed by atoms with van der Waals surface area (Å²) in [5.74, 6) is 7.02. The smallest absolute Gasteiger partial charge is 0.215 e. The van der Waals surface area contributed by atoms with Crippen molar-refractivity contribution in [3.63, 3.8) is 0 Å². The standard InChI is InChI=1S/C12H24N6O2S/c1-12(2,3)11-15-9(8-10(16-11)17-13)14-6-7-21(19,20)18(4)5/h8H,6-7,13H2,1-5H3,(H2,14,15,16,17). The molecule has 9 heteroatoms. The van der Waals surface area contributed by atoms with Gasteiger partial charge in [-0.3, -0.25) is 0 Å². The molecule has 0 radical (unpaired) electrons. The van der Waals surface area contributed by atoms with Gasteiger partial charge in [0.15, 0.2) is 0 Å². The van der Waals surface area contributed by atoms with E-state index in [9.17, 15) is 8.42 Å². The average molecular weight is 316 g/mol. The van der Waals surface area contributed by atoms with Gasteiger partial charge < -0.3 is 10.7 Å². The molecule has 1 aromatic rings. The van der Waals surface area contributed by atoms with Gasteiger partial charge in [-0.1, -0.05) is 20.8 Å². The van der Waals surface area contributed by atoms with E-state index in [-0.39, 0.29) is 17.7 Å².